The number of phenols is 1. The number of carbonyl (C=O) groups excluding carboxylic acids is 1. The van der Waals surface area contributed by atoms with E-state index >= 15 is 0 Å². The van der Waals surface area contributed by atoms with E-state index in [0.717, 1.165) is 24.9 Å². The fourth-order valence-electron chi connectivity index (χ4n) is 3.38. The first-order chi connectivity index (χ1) is 9.13. The summed E-state index contributed by atoms with van der Waals surface area (Å²) < 4.78 is 0. The third-order valence-corrected chi connectivity index (χ3v) is 4.40. The summed E-state index contributed by atoms with van der Waals surface area (Å²) in [5, 5.41) is 9.24. The minimum Gasteiger partial charge on any atom is -0.508 e. The van der Waals surface area contributed by atoms with E-state index in [2.05, 4.69) is 0 Å². The molecule has 1 aromatic carbocycles. The van der Waals surface area contributed by atoms with Gasteiger partial charge in [0.25, 0.3) is 0 Å². The number of carbonyl (C=O) groups is 1. The first-order valence-corrected chi connectivity index (χ1v) is 6.97. The van der Waals surface area contributed by atoms with Crippen LogP contribution in [-0.4, -0.2) is 34.5 Å². The Hall–Kier alpha value is -1.55. The van der Waals surface area contributed by atoms with Crippen LogP contribution in [0.3, 0.4) is 0 Å². The van der Waals surface area contributed by atoms with Crippen molar-refractivity contribution in [1.29, 1.82) is 0 Å². The molecule has 1 amide bonds. The molecule has 0 radical (unpaired) electrons. The predicted octanol–water partition coefficient (Wildman–Crippen LogP) is 1.27. The Morgan fingerprint density at radius 3 is 2.68 bits per heavy atom. The first-order valence-electron chi connectivity index (χ1n) is 6.97. The maximum Gasteiger partial charge on any atom is 0.240 e. The van der Waals surface area contributed by atoms with Gasteiger partial charge in [0.15, 0.2) is 0 Å². The minimum absolute atomic E-state index is 0.0836. The highest BCUT2D eigenvalue weighted by molar-refractivity contribution is 5.82. The molecule has 1 aromatic rings. The van der Waals surface area contributed by atoms with Crippen LogP contribution in [0.25, 0.3) is 0 Å². The van der Waals surface area contributed by atoms with E-state index in [4.69, 9.17) is 5.73 Å². The number of nitrogens with two attached hydrogens (primary N) is 1. The number of fused-ring (bicyclic) bond motifs is 2. The predicted molar refractivity (Wildman–Crippen MR) is 72.6 cm³/mol. The number of hydrogen-bond acceptors (Lipinski definition) is 3. The van der Waals surface area contributed by atoms with Crippen molar-refractivity contribution in [3.63, 3.8) is 0 Å². The molecule has 2 aliphatic rings. The molecular formula is C15H20N2O2. The van der Waals surface area contributed by atoms with Gasteiger partial charge < -0.3 is 15.7 Å². The second kappa shape index (κ2) is 4.85. The van der Waals surface area contributed by atoms with Crippen molar-refractivity contribution in [2.75, 3.05) is 6.54 Å². The number of aromatic hydroxyl groups is 1. The Morgan fingerprint density at radius 1 is 1.37 bits per heavy atom. The molecule has 0 aromatic heterocycles. The SMILES string of the molecule is N[C@H](Cc1ccc(O)cc1)C(=O)N1CC2CCC1C2. The van der Waals surface area contributed by atoms with Crippen molar-refractivity contribution in [2.45, 2.75) is 37.8 Å². The molecule has 3 atom stereocenters. The van der Waals surface area contributed by atoms with E-state index in [0.29, 0.717) is 18.4 Å². The third-order valence-electron chi connectivity index (χ3n) is 4.40. The fourth-order valence-corrected chi connectivity index (χ4v) is 3.38. The summed E-state index contributed by atoms with van der Waals surface area (Å²) in [5.74, 6) is 1.02. The Kier molecular flexibility index (Phi) is 3.19. The van der Waals surface area contributed by atoms with Gasteiger partial charge in [-0.15, -0.1) is 0 Å². The van der Waals surface area contributed by atoms with Crippen LogP contribution in [0.4, 0.5) is 0 Å². The van der Waals surface area contributed by atoms with Crippen LogP contribution in [0, 0.1) is 5.92 Å². The molecule has 4 heteroatoms. The molecule has 2 bridgehead atoms. The molecule has 1 heterocycles. The molecule has 0 spiro atoms. The summed E-state index contributed by atoms with van der Waals surface area (Å²) in [5.41, 5.74) is 7.03. The molecule has 1 saturated carbocycles. The van der Waals surface area contributed by atoms with Gasteiger partial charge in [0.1, 0.15) is 5.75 Å². The van der Waals surface area contributed by atoms with Crippen LogP contribution < -0.4 is 5.73 Å². The third kappa shape index (κ3) is 2.45. The number of benzene rings is 1. The molecule has 1 aliphatic heterocycles. The number of likely N-dealkylation sites (tertiary alicyclic amines) is 1. The summed E-state index contributed by atoms with van der Waals surface area (Å²) in [6, 6.07) is 6.86. The lowest BCUT2D eigenvalue weighted by Crippen LogP contribution is -2.48. The smallest absolute Gasteiger partial charge is 0.240 e. The maximum absolute atomic E-state index is 12.4. The molecular weight excluding hydrogens is 240 g/mol. The van der Waals surface area contributed by atoms with E-state index < -0.39 is 6.04 Å². The summed E-state index contributed by atoms with van der Waals surface area (Å²) >= 11 is 0. The van der Waals surface area contributed by atoms with Crippen molar-refractivity contribution in [2.24, 2.45) is 11.7 Å². The molecule has 2 unspecified atom stereocenters. The standard InChI is InChI=1S/C15H20N2O2/c16-14(8-10-2-5-13(18)6-3-10)15(19)17-9-11-1-4-12(17)7-11/h2-3,5-6,11-12,14,18H,1,4,7-9,16H2/t11?,12?,14-/m1/s1. The fraction of sp³-hybridized carbons (Fsp3) is 0.533. The van der Waals surface area contributed by atoms with Gasteiger partial charge in [-0.3, -0.25) is 4.79 Å². The molecule has 1 aliphatic carbocycles. The zero-order chi connectivity index (χ0) is 13.4. The summed E-state index contributed by atoms with van der Waals surface area (Å²) in [7, 11) is 0. The van der Waals surface area contributed by atoms with Crippen molar-refractivity contribution < 1.29 is 9.90 Å². The van der Waals surface area contributed by atoms with Crippen LogP contribution in [0.15, 0.2) is 24.3 Å². The highest BCUT2D eigenvalue weighted by Crippen LogP contribution is 2.37. The normalized spacial score (nSPS) is 26.7. The molecule has 102 valence electrons. The topological polar surface area (TPSA) is 66.6 Å². The van der Waals surface area contributed by atoms with E-state index in [-0.39, 0.29) is 11.7 Å². The largest absolute Gasteiger partial charge is 0.508 e. The monoisotopic (exact) mass is 260 g/mol. The lowest BCUT2D eigenvalue weighted by Gasteiger charge is -2.29. The van der Waals surface area contributed by atoms with Gasteiger partial charge in [0.05, 0.1) is 6.04 Å². The second-order valence-corrected chi connectivity index (χ2v) is 5.80. The summed E-state index contributed by atoms with van der Waals surface area (Å²) in [6.07, 6.45) is 4.11. The van der Waals surface area contributed by atoms with Gasteiger partial charge >= 0.3 is 0 Å². The number of phenolic OH excluding ortho intramolecular Hbond substituents is 1. The van der Waals surface area contributed by atoms with Gasteiger partial charge in [0, 0.05) is 12.6 Å². The van der Waals surface area contributed by atoms with Gasteiger partial charge in [-0.05, 0) is 49.3 Å². The van der Waals surface area contributed by atoms with E-state index in [9.17, 15) is 9.90 Å². The van der Waals surface area contributed by atoms with E-state index in [1.807, 2.05) is 17.0 Å². The Bertz CT molecular complexity index is 472. The number of rotatable bonds is 3. The van der Waals surface area contributed by atoms with Crippen molar-refractivity contribution in [3.05, 3.63) is 29.8 Å². The molecule has 4 nitrogen and oxygen atoms in total. The van der Waals surface area contributed by atoms with E-state index in [1.165, 1.54) is 6.42 Å². The first kappa shape index (κ1) is 12.5. The van der Waals surface area contributed by atoms with Gasteiger partial charge in [0.2, 0.25) is 5.91 Å². The molecule has 19 heavy (non-hydrogen) atoms. The summed E-state index contributed by atoms with van der Waals surface area (Å²) in [4.78, 5) is 14.3. The average Bonchev–Trinajstić information content (AvgIpc) is 3.03. The number of hydrogen-bond donors (Lipinski definition) is 2. The van der Waals surface area contributed by atoms with Crippen molar-refractivity contribution in [1.82, 2.24) is 4.90 Å². The van der Waals surface area contributed by atoms with Gasteiger partial charge in [-0.25, -0.2) is 0 Å². The molecule has 2 fully saturated rings. The Morgan fingerprint density at radius 2 is 2.11 bits per heavy atom. The number of piperidine rings is 1. The van der Waals surface area contributed by atoms with Crippen LogP contribution >= 0.6 is 0 Å². The van der Waals surface area contributed by atoms with Crippen LogP contribution in [-0.2, 0) is 11.2 Å². The number of nitrogens with zero attached hydrogens (tertiary/aromatic N) is 1. The zero-order valence-corrected chi connectivity index (χ0v) is 11.0. The van der Waals surface area contributed by atoms with Crippen LogP contribution in [0.1, 0.15) is 24.8 Å². The molecule has 3 rings (SSSR count). The Labute approximate surface area is 113 Å². The van der Waals surface area contributed by atoms with Crippen molar-refractivity contribution in [3.8, 4) is 5.75 Å². The molecule has 1 saturated heterocycles. The summed E-state index contributed by atoms with van der Waals surface area (Å²) in [6.45, 7) is 0.896. The van der Waals surface area contributed by atoms with Crippen LogP contribution in [0.5, 0.6) is 5.75 Å². The maximum atomic E-state index is 12.4. The van der Waals surface area contributed by atoms with Crippen molar-refractivity contribution >= 4 is 5.91 Å². The van der Waals surface area contributed by atoms with E-state index in [1.54, 1.807) is 12.1 Å². The highest BCUT2D eigenvalue weighted by atomic mass is 16.3. The molecule has 3 N–H and O–H groups in total. The zero-order valence-electron chi connectivity index (χ0n) is 11.0. The minimum atomic E-state index is -0.469. The second-order valence-electron chi connectivity index (χ2n) is 5.80. The number of amides is 1. The van der Waals surface area contributed by atoms with Gasteiger partial charge in [-0.2, -0.15) is 0 Å². The highest BCUT2D eigenvalue weighted by Gasteiger charge is 2.41. The lowest BCUT2D eigenvalue weighted by atomic mass is 10.0. The van der Waals surface area contributed by atoms with Gasteiger partial charge in [-0.1, -0.05) is 12.1 Å². The average molecular weight is 260 g/mol. The Balaban J connectivity index is 1.62. The lowest BCUT2D eigenvalue weighted by molar-refractivity contribution is -0.134. The quantitative estimate of drug-likeness (QED) is 0.860. The van der Waals surface area contributed by atoms with Crippen LogP contribution in [0.2, 0.25) is 0 Å².